The van der Waals surface area contributed by atoms with Crippen molar-refractivity contribution in [3.63, 3.8) is 0 Å². The van der Waals surface area contributed by atoms with Crippen LogP contribution >= 0.6 is 0 Å². The number of cyclic esters (lactones) is 1. The normalized spacial score (nSPS) is 18.2. The van der Waals surface area contributed by atoms with Gasteiger partial charge in [0.05, 0.1) is 0 Å². The molecule has 32 heavy (non-hydrogen) atoms. The third-order valence-electron chi connectivity index (χ3n) is 5.44. The van der Waals surface area contributed by atoms with Crippen LogP contribution in [0.2, 0.25) is 0 Å². The second-order valence-electron chi connectivity index (χ2n) is 8.27. The minimum Gasteiger partial charge on any atom is -0.505 e. The van der Waals surface area contributed by atoms with Crippen LogP contribution < -0.4 is 0 Å². The zero-order valence-corrected chi connectivity index (χ0v) is 19.2. The topological polar surface area (TPSA) is 134 Å². The number of rotatable bonds is 18. The van der Waals surface area contributed by atoms with E-state index in [2.05, 4.69) is 23.8 Å². The average Bonchev–Trinajstić information content (AvgIpc) is 3.03. The lowest BCUT2D eigenvalue weighted by atomic mass is 10.1. The molecule has 1 aliphatic heterocycles. The summed E-state index contributed by atoms with van der Waals surface area (Å²) in [5.41, 5.74) is 0. The van der Waals surface area contributed by atoms with Crippen LogP contribution in [0.4, 0.5) is 0 Å². The van der Waals surface area contributed by atoms with Crippen LogP contribution in [0.25, 0.3) is 0 Å². The molecular weight excluding hydrogens is 416 g/mol. The SMILES string of the molecule is CCCCCCCC/C=C\CCCCCCCC(=O)OC(O)[C@H](O)[C@H]1OC(=O)C(O)=C1O. The molecule has 0 aromatic carbocycles. The Labute approximate surface area is 190 Å². The zero-order chi connectivity index (χ0) is 23.8. The van der Waals surface area contributed by atoms with E-state index in [-0.39, 0.29) is 6.42 Å². The van der Waals surface area contributed by atoms with E-state index >= 15 is 0 Å². The Morgan fingerprint density at radius 1 is 0.938 bits per heavy atom. The molecule has 0 radical (unpaired) electrons. The predicted molar refractivity (Wildman–Crippen MR) is 120 cm³/mol. The van der Waals surface area contributed by atoms with Crippen molar-refractivity contribution in [1.82, 2.24) is 0 Å². The molecule has 0 saturated carbocycles. The Hall–Kier alpha value is -2.06. The van der Waals surface area contributed by atoms with Crippen LogP contribution in [-0.4, -0.2) is 50.9 Å². The Balaban J connectivity index is 2.00. The molecule has 8 nitrogen and oxygen atoms in total. The van der Waals surface area contributed by atoms with Crippen molar-refractivity contribution in [2.24, 2.45) is 0 Å². The minimum atomic E-state index is -1.99. The van der Waals surface area contributed by atoms with Crippen LogP contribution in [0.15, 0.2) is 23.7 Å². The van der Waals surface area contributed by atoms with E-state index in [1.807, 2.05) is 0 Å². The summed E-state index contributed by atoms with van der Waals surface area (Å²) in [5, 5.41) is 38.3. The molecule has 1 heterocycles. The third kappa shape index (κ3) is 11.0. The second kappa shape index (κ2) is 16.6. The van der Waals surface area contributed by atoms with Crippen molar-refractivity contribution >= 4 is 11.9 Å². The van der Waals surface area contributed by atoms with Crippen molar-refractivity contribution in [3.8, 4) is 0 Å². The molecule has 0 bridgehead atoms. The first-order chi connectivity index (χ1) is 15.4. The number of ether oxygens (including phenoxy) is 2. The second-order valence-corrected chi connectivity index (χ2v) is 8.27. The van der Waals surface area contributed by atoms with Gasteiger partial charge in [0.2, 0.25) is 12.0 Å². The van der Waals surface area contributed by atoms with Crippen LogP contribution in [0.5, 0.6) is 0 Å². The quantitative estimate of drug-likeness (QED) is 0.103. The number of esters is 2. The lowest BCUT2D eigenvalue weighted by Gasteiger charge is -2.22. The van der Waals surface area contributed by atoms with Gasteiger partial charge >= 0.3 is 11.9 Å². The summed E-state index contributed by atoms with van der Waals surface area (Å²) in [6.07, 6.45) is 13.9. The van der Waals surface area contributed by atoms with Gasteiger partial charge < -0.3 is 29.9 Å². The van der Waals surface area contributed by atoms with Gasteiger partial charge in [-0.1, -0.05) is 70.4 Å². The van der Waals surface area contributed by atoms with Crippen molar-refractivity contribution in [3.05, 3.63) is 23.7 Å². The Bertz CT molecular complexity index is 613. The zero-order valence-electron chi connectivity index (χ0n) is 19.2. The first-order valence-corrected chi connectivity index (χ1v) is 11.9. The molecule has 0 aromatic rings. The first-order valence-electron chi connectivity index (χ1n) is 11.9. The third-order valence-corrected chi connectivity index (χ3v) is 5.44. The van der Waals surface area contributed by atoms with Gasteiger partial charge in [-0.05, 0) is 32.1 Å². The van der Waals surface area contributed by atoms with Crippen molar-refractivity contribution in [1.29, 1.82) is 0 Å². The van der Waals surface area contributed by atoms with Crippen molar-refractivity contribution in [2.45, 2.75) is 115 Å². The smallest absolute Gasteiger partial charge is 0.377 e. The van der Waals surface area contributed by atoms with Gasteiger partial charge in [-0.15, -0.1) is 0 Å². The molecule has 3 atom stereocenters. The van der Waals surface area contributed by atoms with E-state index in [4.69, 9.17) is 4.74 Å². The summed E-state index contributed by atoms with van der Waals surface area (Å²) < 4.78 is 9.24. The molecule has 8 heteroatoms. The highest BCUT2D eigenvalue weighted by Gasteiger charge is 2.43. The van der Waals surface area contributed by atoms with Crippen molar-refractivity contribution in [2.75, 3.05) is 0 Å². The number of aliphatic hydroxyl groups is 4. The summed E-state index contributed by atoms with van der Waals surface area (Å²) in [6, 6.07) is 0. The summed E-state index contributed by atoms with van der Waals surface area (Å²) in [6.45, 7) is 2.23. The highest BCUT2D eigenvalue weighted by atomic mass is 16.7. The summed E-state index contributed by atoms with van der Waals surface area (Å²) >= 11 is 0. The fourth-order valence-corrected chi connectivity index (χ4v) is 3.45. The lowest BCUT2D eigenvalue weighted by Crippen LogP contribution is -2.41. The molecule has 4 N–H and O–H groups in total. The number of allylic oxidation sites excluding steroid dienone is 2. The monoisotopic (exact) mass is 456 g/mol. The maximum absolute atomic E-state index is 11.8. The molecular formula is C24H40O8. The molecule has 0 aromatic heterocycles. The first kappa shape index (κ1) is 28.0. The molecule has 0 amide bonds. The van der Waals surface area contributed by atoms with E-state index in [9.17, 15) is 30.0 Å². The maximum atomic E-state index is 11.8. The van der Waals surface area contributed by atoms with Crippen LogP contribution in [0.1, 0.15) is 96.8 Å². The van der Waals surface area contributed by atoms with E-state index in [1.165, 1.54) is 38.5 Å². The molecule has 0 spiro atoms. The van der Waals surface area contributed by atoms with Gasteiger partial charge in [-0.25, -0.2) is 4.79 Å². The van der Waals surface area contributed by atoms with E-state index < -0.39 is 42.0 Å². The van der Waals surface area contributed by atoms with E-state index in [0.29, 0.717) is 6.42 Å². The van der Waals surface area contributed by atoms with E-state index in [0.717, 1.165) is 38.5 Å². The molecule has 0 fully saturated rings. The number of carbonyl (C=O) groups excluding carboxylic acids is 2. The Kier molecular flexibility index (Phi) is 14.5. The number of hydrogen-bond acceptors (Lipinski definition) is 8. The number of hydrogen-bond donors (Lipinski definition) is 4. The Morgan fingerprint density at radius 3 is 2.00 bits per heavy atom. The summed E-state index contributed by atoms with van der Waals surface area (Å²) in [4.78, 5) is 22.9. The maximum Gasteiger partial charge on any atom is 0.377 e. The highest BCUT2D eigenvalue weighted by molar-refractivity contribution is 5.89. The summed E-state index contributed by atoms with van der Waals surface area (Å²) in [5.74, 6) is -3.87. The Morgan fingerprint density at radius 2 is 1.47 bits per heavy atom. The van der Waals surface area contributed by atoms with Gasteiger partial charge in [0, 0.05) is 6.42 Å². The van der Waals surface area contributed by atoms with Crippen molar-refractivity contribution < 1.29 is 39.5 Å². The molecule has 0 aliphatic carbocycles. The molecule has 1 rings (SSSR count). The predicted octanol–water partition coefficient (Wildman–Crippen LogP) is 4.50. The van der Waals surface area contributed by atoms with Gasteiger partial charge in [0.25, 0.3) is 0 Å². The average molecular weight is 457 g/mol. The standard InChI is InChI=1S/C24H40O8/c1-2-3-4-5-6-7-8-9-10-11-12-13-14-15-16-17-18(25)31-24(30)21(28)22-19(26)20(27)23(29)32-22/h9-10,21-22,24,26-28,30H,2-8,11-17H2,1H3/b10-9-/t21-,22+,24?/m1/s1. The van der Waals surface area contributed by atoms with E-state index in [1.54, 1.807) is 0 Å². The minimum absolute atomic E-state index is 0.0828. The number of carbonyl (C=O) groups is 2. The molecule has 1 aliphatic rings. The molecule has 0 saturated heterocycles. The fourth-order valence-electron chi connectivity index (χ4n) is 3.45. The largest absolute Gasteiger partial charge is 0.505 e. The van der Waals surface area contributed by atoms with Crippen LogP contribution in [0, 0.1) is 0 Å². The van der Waals surface area contributed by atoms with Crippen LogP contribution in [-0.2, 0) is 19.1 Å². The highest BCUT2D eigenvalue weighted by Crippen LogP contribution is 2.23. The van der Waals surface area contributed by atoms with Gasteiger partial charge in [-0.3, -0.25) is 4.79 Å². The fraction of sp³-hybridized carbons (Fsp3) is 0.750. The molecule has 1 unspecified atom stereocenters. The molecule has 184 valence electrons. The summed E-state index contributed by atoms with van der Waals surface area (Å²) in [7, 11) is 0. The van der Waals surface area contributed by atoms with Gasteiger partial charge in [-0.2, -0.15) is 0 Å². The lowest BCUT2D eigenvalue weighted by molar-refractivity contribution is -0.200. The van der Waals surface area contributed by atoms with Gasteiger partial charge in [0.1, 0.15) is 0 Å². The number of unbranched alkanes of at least 4 members (excludes halogenated alkanes) is 11. The van der Waals surface area contributed by atoms with Crippen LogP contribution in [0.3, 0.4) is 0 Å². The van der Waals surface area contributed by atoms with Gasteiger partial charge in [0.15, 0.2) is 18.0 Å². The number of aliphatic hydroxyl groups excluding tert-OH is 4.